The molecule has 0 bridgehead atoms. The zero-order chi connectivity index (χ0) is 18.1. The number of rotatable bonds is 3. The van der Waals surface area contributed by atoms with E-state index >= 15 is 0 Å². The number of nitrogens with zero attached hydrogens (tertiary/aromatic N) is 3. The molecule has 0 spiro atoms. The van der Waals surface area contributed by atoms with Gasteiger partial charge in [-0.3, -0.25) is 25.1 Å². The fraction of sp³-hybridized carbons (Fsp3) is 0.471. The molecule has 0 unspecified atom stereocenters. The molecule has 2 amide bonds. The summed E-state index contributed by atoms with van der Waals surface area (Å²) >= 11 is 0. The van der Waals surface area contributed by atoms with Crippen LogP contribution in [0.5, 0.6) is 0 Å². The number of hydrogen-bond acceptors (Lipinski definition) is 3. The molecular weight excluding hydrogens is 306 g/mol. The molecule has 2 heterocycles. The van der Waals surface area contributed by atoms with Crippen molar-refractivity contribution < 1.29 is 9.59 Å². The topological polar surface area (TPSA) is 81.0 Å². The minimum Gasteiger partial charge on any atom is -0.347 e. The standard InChI is InChI=1S/C17H25N5O2/c1-11(2)14-10-12(20-22(14)17(3,4)5)15(23)18-19-16(24)13-8-7-9-21(13)6/h7-11H,1-6H3,(H,18,23)(H,19,24). The summed E-state index contributed by atoms with van der Waals surface area (Å²) in [5.41, 5.74) is 6.31. The van der Waals surface area contributed by atoms with Crippen molar-refractivity contribution in [3.8, 4) is 0 Å². The zero-order valence-corrected chi connectivity index (χ0v) is 15.0. The van der Waals surface area contributed by atoms with E-state index in [0.717, 1.165) is 5.69 Å². The lowest BCUT2D eigenvalue weighted by molar-refractivity contribution is 0.0838. The maximum atomic E-state index is 12.3. The Balaban J connectivity index is 2.13. The van der Waals surface area contributed by atoms with E-state index < -0.39 is 5.91 Å². The molecule has 7 heteroatoms. The van der Waals surface area contributed by atoms with Crippen LogP contribution in [0.1, 0.15) is 67.2 Å². The second-order valence-electron chi connectivity index (χ2n) is 7.10. The quantitative estimate of drug-likeness (QED) is 0.846. The molecule has 0 fully saturated rings. The van der Waals surface area contributed by atoms with Crippen LogP contribution >= 0.6 is 0 Å². The number of nitrogens with one attached hydrogen (secondary N) is 2. The Hall–Kier alpha value is -2.57. The lowest BCUT2D eigenvalue weighted by Crippen LogP contribution is -2.42. The summed E-state index contributed by atoms with van der Waals surface area (Å²) in [6.45, 7) is 10.2. The van der Waals surface area contributed by atoms with Gasteiger partial charge < -0.3 is 4.57 Å². The first kappa shape index (κ1) is 17.8. The van der Waals surface area contributed by atoms with Crippen LogP contribution in [-0.4, -0.2) is 26.2 Å². The number of aromatic nitrogens is 3. The molecule has 130 valence electrons. The first-order valence-electron chi connectivity index (χ1n) is 7.93. The van der Waals surface area contributed by atoms with Crippen molar-refractivity contribution in [2.24, 2.45) is 7.05 Å². The summed E-state index contributed by atoms with van der Waals surface area (Å²) in [5, 5.41) is 4.41. The Labute approximate surface area is 142 Å². The number of amides is 2. The first-order chi connectivity index (χ1) is 11.1. The van der Waals surface area contributed by atoms with Crippen molar-refractivity contribution in [3.05, 3.63) is 41.5 Å². The van der Waals surface area contributed by atoms with Gasteiger partial charge in [0.1, 0.15) is 5.69 Å². The molecule has 0 atom stereocenters. The van der Waals surface area contributed by atoms with E-state index in [2.05, 4.69) is 29.8 Å². The molecule has 2 aromatic rings. The predicted octanol–water partition coefficient (Wildman–Crippen LogP) is 2.17. The van der Waals surface area contributed by atoms with E-state index in [1.807, 2.05) is 25.5 Å². The monoisotopic (exact) mass is 331 g/mol. The van der Waals surface area contributed by atoms with Crippen molar-refractivity contribution in [2.75, 3.05) is 0 Å². The fourth-order valence-corrected chi connectivity index (χ4v) is 2.39. The Bertz CT molecular complexity index is 749. The van der Waals surface area contributed by atoms with E-state index in [0.29, 0.717) is 5.69 Å². The van der Waals surface area contributed by atoms with Gasteiger partial charge in [-0.25, -0.2) is 0 Å². The molecule has 0 aromatic carbocycles. The van der Waals surface area contributed by atoms with Crippen LogP contribution < -0.4 is 10.9 Å². The minimum atomic E-state index is -0.442. The molecule has 2 N–H and O–H groups in total. The maximum absolute atomic E-state index is 12.3. The smallest absolute Gasteiger partial charge is 0.290 e. The normalized spacial score (nSPS) is 11.6. The number of carbonyl (C=O) groups is 2. The van der Waals surface area contributed by atoms with Crippen LogP contribution in [0.2, 0.25) is 0 Å². The number of carbonyl (C=O) groups excluding carboxylic acids is 2. The molecular formula is C17H25N5O2. The Morgan fingerprint density at radius 2 is 1.79 bits per heavy atom. The van der Waals surface area contributed by atoms with Gasteiger partial charge in [-0.15, -0.1) is 0 Å². The van der Waals surface area contributed by atoms with Crippen LogP contribution in [0.15, 0.2) is 24.4 Å². The average Bonchev–Trinajstić information content (AvgIpc) is 3.10. The molecule has 0 aliphatic rings. The van der Waals surface area contributed by atoms with Crippen LogP contribution in [0.25, 0.3) is 0 Å². The summed E-state index contributed by atoms with van der Waals surface area (Å²) in [6, 6.07) is 5.20. The number of hydrazine groups is 1. The summed E-state index contributed by atoms with van der Waals surface area (Å²) in [7, 11) is 1.76. The van der Waals surface area contributed by atoms with Crippen LogP contribution in [0, 0.1) is 0 Å². The van der Waals surface area contributed by atoms with Gasteiger partial charge in [-0.05, 0) is 44.9 Å². The van der Waals surface area contributed by atoms with Crippen molar-refractivity contribution in [3.63, 3.8) is 0 Å². The van der Waals surface area contributed by atoms with Crippen molar-refractivity contribution in [2.45, 2.75) is 46.1 Å². The molecule has 0 radical (unpaired) electrons. The van der Waals surface area contributed by atoms with E-state index in [1.165, 1.54) is 0 Å². The Morgan fingerprint density at radius 3 is 2.25 bits per heavy atom. The Kier molecular flexibility index (Phi) is 4.82. The van der Waals surface area contributed by atoms with Crippen LogP contribution in [0.4, 0.5) is 0 Å². The average molecular weight is 331 g/mol. The summed E-state index contributed by atoms with van der Waals surface area (Å²) < 4.78 is 3.53. The van der Waals surface area contributed by atoms with Gasteiger partial charge in [0.15, 0.2) is 5.69 Å². The second-order valence-corrected chi connectivity index (χ2v) is 7.10. The molecule has 2 rings (SSSR count). The minimum absolute atomic E-state index is 0.232. The maximum Gasteiger partial charge on any atom is 0.290 e. The first-order valence-corrected chi connectivity index (χ1v) is 7.93. The largest absolute Gasteiger partial charge is 0.347 e. The third kappa shape index (κ3) is 3.67. The van der Waals surface area contributed by atoms with E-state index in [4.69, 9.17) is 0 Å². The van der Waals surface area contributed by atoms with Gasteiger partial charge in [0.25, 0.3) is 11.8 Å². The lowest BCUT2D eigenvalue weighted by Gasteiger charge is -2.23. The van der Waals surface area contributed by atoms with Gasteiger partial charge in [-0.2, -0.15) is 5.10 Å². The highest BCUT2D eigenvalue weighted by atomic mass is 16.2. The molecule has 24 heavy (non-hydrogen) atoms. The molecule has 0 aliphatic carbocycles. The second kappa shape index (κ2) is 6.51. The highest BCUT2D eigenvalue weighted by Gasteiger charge is 2.23. The predicted molar refractivity (Wildman–Crippen MR) is 91.7 cm³/mol. The summed E-state index contributed by atoms with van der Waals surface area (Å²) in [4.78, 5) is 24.3. The van der Waals surface area contributed by atoms with Gasteiger partial charge in [-0.1, -0.05) is 13.8 Å². The van der Waals surface area contributed by atoms with Gasteiger partial charge >= 0.3 is 0 Å². The molecule has 0 saturated heterocycles. The molecule has 7 nitrogen and oxygen atoms in total. The molecule has 0 aliphatic heterocycles. The third-order valence-corrected chi connectivity index (χ3v) is 3.66. The third-order valence-electron chi connectivity index (χ3n) is 3.66. The van der Waals surface area contributed by atoms with Crippen LogP contribution in [-0.2, 0) is 12.6 Å². The highest BCUT2D eigenvalue weighted by Crippen LogP contribution is 2.23. The Morgan fingerprint density at radius 1 is 1.17 bits per heavy atom. The van der Waals surface area contributed by atoms with Gasteiger partial charge in [0.2, 0.25) is 0 Å². The van der Waals surface area contributed by atoms with Crippen molar-refractivity contribution in [1.82, 2.24) is 25.2 Å². The van der Waals surface area contributed by atoms with E-state index in [9.17, 15) is 9.59 Å². The number of hydrogen-bond donors (Lipinski definition) is 2. The van der Waals surface area contributed by atoms with E-state index in [1.54, 1.807) is 36.0 Å². The summed E-state index contributed by atoms with van der Waals surface area (Å²) in [5.74, 6) is -0.589. The number of aryl methyl sites for hydroxylation is 1. The lowest BCUT2D eigenvalue weighted by atomic mass is 10.1. The van der Waals surface area contributed by atoms with E-state index in [-0.39, 0.29) is 23.1 Å². The highest BCUT2D eigenvalue weighted by molar-refractivity contribution is 5.97. The molecule has 0 saturated carbocycles. The van der Waals surface area contributed by atoms with Crippen molar-refractivity contribution in [1.29, 1.82) is 0 Å². The fourth-order valence-electron chi connectivity index (χ4n) is 2.39. The van der Waals surface area contributed by atoms with Crippen LogP contribution in [0.3, 0.4) is 0 Å². The van der Waals surface area contributed by atoms with Gasteiger partial charge in [0, 0.05) is 18.9 Å². The summed E-state index contributed by atoms with van der Waals surface area (Å²) in [6.07, 6.45) is 1.76. The van der Waals surface area contributed by atoms with Gasteiger partial charge in [0.05, 0.1) is 5.54 Å². The molecule has 2 aromatic heterocycles. The zero-order valence-electron chi connectivity index (χ0n) is 15.0. The SMILES string of the molecule is CC(C)c1cc(C(=O)NNC(=O)c2cccn2C)nn1C(C)(C)C. The van der Waals surface area contributed by atoms with Crippen molar-refractivity contribution >= 4 is 11.8 Å².